The van der Waals surface area contributed by atoms with Crippen LogP contribution < -0.4 is 15.4 Å². The summed E-state index contributed by atoms with van der Waals surface area (Å²) in [6, 6.07) is 5.79. The summed E-state index contributed by atoms with van der Waals surface area (Å²) in [4.78, 5) is 38.6. The quantitative estimate of drug-likeness (QED) is 0.376. The number of benzene rings is 2. The summed E-state index contributed by atoms with van der Waals surface area (Å²) in [5, 5.41) is 4.36. The lowest BCUT2D eigenvalue weighted by molar-refractivity contribution is -0.274. The highest BCUT2D eigenvalue weighted by Gasteiger charge is 2.38. The summed E-state index contributed by atoms with van der Waals surface area (Å²) >= 11 is 4.38. The zero-order valence-electron chi connectivity index (χ0n) is 17.9. The number of anilines is 2. The van der Waals surface area contributed by atoms with E-state index < -0.39 is 51.7 Å². The minimum Gasteiger partial charge on any atom is -0.406 e. The SMILES string of the molecule is O=C(Nc1cccc(C(=O)Nc2c(Br)cc(OC(F)(F)F)cc2C(F)(F)F)c1)C(=O)N1CCSCC1. The van der Waals surface area contributed by atoms with Crippen molar-refractivity contribution in [1.82, 2.24) is 4.90 Å². The van der Waals surface area contributed by atoms with Crippen molar-refractivity contribution >= 4 is 56.8 Å². The van der Waals surface area contributed by atoms with Gasteiger partial charge in [0, 0.05) is 40.3 Å². The average Bonchev–Trinajstić information content (AvgIpc) is 2.79. The Bertz CT molecular complexity index is 1170. The fourth-order valence-electron chi connectivity index (χ4n) is 3.14. The lowest BCUT2D eigenvalue weighted by Gasteiger charge is -2.25. The maximum atomic E-state index is 13.5. The number of carbonyl (C=O) groups is 3. The van der Waals surface area contributed by atoms with Crippen molar-refractivity contribution in [2.45, 2.75) is 12.5 Å². The zero-order valence-corrected chi connectivity index (χ0v) is 20.3. The second-order valence-electron chi connectivity index (χ2n) is 7.27. The Morgan fingerprint density at radius 2 is 1.64 bits per heavy atom. The van der Waals surface area contributed by atoms with Gasteiger partial charge in [-0.3, -0.25) is 14.4 Å². The van der Waals surface area contributed by atoms with E-state index in [0.717, 1.165) is 6.07 Å². The molecule has 0 atom stereocenters. The molecule has 194 valence electrons. The minimum atomic E-state index is -5.23. The molecular formula is C21H16BrF6N3O4S. The molecule has 0 aromatic heterocycles. The first-order valence-electron chi connectivity index (χ1n) is 10.0. The second-order valence-corrected chi connectivity index (χ2v) is 9.35. The molecule has 0 saturated carbocycles. The van der Waals surface area contributed by atoms with E-state index in [0.29, 0.717) is 30.7 Å². The van der Waals surface area contributed by atoms with Crippen LogP contribution in [0.5, 0.6) is 5.75 Å². The van der Waals surface area contributed by atoms with Crippen LogP contribution in [0.15, 0.2) is 40.9 Å². The van der Waals surface area contributed by atoms with Crippen LogP contribution in [0.1, 0.15) is 15.9 Å². The van der Waals surface area contributed by atoms with E-state index in [2.05, 4.69) is 26.0 Å². The van der Waals surface area contributed by atoms with Crippen LogP contribution >= 0.6 is 27.7 Å². The monoisotopic (exact) mass is 599 g/mol. The van der Waals surface area contributed by atoms with Gasteiger partial charge in [-0.1, -0.05) is 6.07 Å². The van der Waals surface area contributed by atoms with Crippen molar-refractivity contribution in [1.29, 1.82) is 0 Å². The Balaban J connectivity index is 1.80. The Morgan fingerprint density at radius 3 is 2.25 bits per heavy atom. The van der Waals surface area contributed by atoms with Crippen LogP contribution in [0.4, 0.5) is 37.7 Å². The van der Waals surface area contributed by atoms with E-state index in [1.165, 1.54) is 23.1 Å². The highest BCUT2D eigenvalue weighted by Crippen LogP contribution is 2.42. The summed E-state index contributed by atoms with van der Waals surface area (Å²) < 4.78 is 81.1. The van der Waals surface area contributed by atoms with Crippen LogP contribution in [0.3, 0.4) is 0 Å². The number of nitrogens with one attached hydrogen (secondary N) is 2. The van der Waals surface area contributed by atoms with Crippen LogP contribution in [0, 0.1) is 0 Å². The van der Waals surface area contributed by atoms with E-state index >= 15 is 0 Å². The highest BCUT2D eigenvalue weighted by molar-refractivity contribution is 9.10. The third-order valence-electron chi connectivity index (χ3n) is 4.72. The van der Waals surface area contributed by atoms with Gasteiger partial charge >= 0.3 is 24.4 Å². The molecule has 1 aliphatic rings. The molecule has 1 fully saturated rings. The summed E-state index contributed by atoms with van der Waals surface area (Å²) in [5.74, 6) is -2.52. The van der Waals surface area contributed by atoms with Gasteiger partial charge < -0.3 is 20.3 Å². The van der Waals surface area contributed by atoms with E-state index in [1.807, 2.05) is 5.32 Å². The number of hydrogen-bond acceptors (Lipinski definition) is 5. The molecule has 2 aromatic rings. The molecule has 1 aliphatic heterocycles. The fourth-order valence-corrected chi connectivity index (χ4v) is 4.58. The smallest absolute Gasteiger partial charge is 0.406 e. The Labute approximate surface area is 212 Å². The zero-order chi connectivity index (χ0) is 26.7. The fraction of sp³-hybridized carbons (Fsp3) is 0.286. The van der Waals surface area contributed by atoms with Crippen LogP contribution in [0.2, 0.25) is 0 Å². The molecule has 3 rings (SSSR count). The first-order valence-corrected chi connectivity index (χ1v) is 12.0. The number of alkyl halides is 6. The van der Waals surface area contributed by atoms with Gasteiger partial charge in [0.1, 0.15) is 5.75 Å². The Morgan fingerprint density at radius 1 is 0.972 bits per heavy atom. The number of halogens is 7. The third kappa shape index (κ3) is 7.29. The van der Waals surface area contributed by atoms with Crippen molar-refractivity contribution in [3.05, 3.63) is 52.0 Å². The molecule has 0 radical (unpaired) electrons. The van der Waals surface area contributed by atoms with Crippen LogP contribution in [0.25, 0.3) is 0 Å². The number of amides is 3. The standard InChI is InChI=1S/C21H16BrF6N3O4S/c22-15-10-13(35-21(26,27)28)9-14(20(23,24)25)16(15)30-17(32)11-2-1-3-12(8-11)29-18(33)19(34)31-4-6-36-7-5-31/h1-3,8-10H,4-7H2,(H,29,33)(H,30,32). The number of rotatable bonds is 4. The van der Waals surface area contributed by atoms with Crippen molar-refractivity contribution in [3.63, 3.8) is 0 Å². The van der Waals surface area contributed by atoms with Crippen LogP contribution in [-0.2, 0) is 15.8 Å². The lowest BCUT2D eigenvalue weighted by atomic mass is 10.1. The van der Waals surface area contributed by atoms with Crippen LogP contribution in [-0.4, -0.2) is 53.6 Å². The number of carbonyl (C=O) groups excluding carboxylic acids is 3. The third-order valence-corrected chi connectivity index (χ3v) is 6.28. The Kier molecular flexibility index (Phi) is 8.44. The summed E-state index contributed by atoms with van der Waals surface area (Å²) in [7, 11) is 0. The average molecular weight is 600 g/mol. The summed E-state index contributed by atoms with van der Waals surface area (Å²) in [6.45, 7) is 0.811. The van der Waals surface area contributed by atoms with E-state index in [4.69, 9.17) is 0 Å². The number of nitrogens with zero attached hydrogens (tertiary/aromatic N) is 1. The van der Waals surface area contributed by atoms with Gasteiger partial charge in [0.25, 0.3) is 5.91 Å². The molecular weight excluding hydrogens is 584 g/mol. The highest BCUT2D eigenvalue weighted by atomic mass is 79.9. The predicted molar refractivity (Wildman–Crippen MR) is 123 cm³/mol. The molecule has 0 aliphatic carbocycles. The number of hydrogen-bond donors (Lipinski definition) is 2. The first kappa shape index (κ1) is 27.6. The molecule has 3 amide bonds. The molecule has 1 saturated heterocycles. The molecule has 7 nitrogen and oxygen atoms in total. The van der Waals surface area contributed by atoms with Gasteiger partial charge in [-0.05, 0) is 46.3 Å². The number of ether oxygens (including phenoxy) is 1. The molecule has 0 unspecified atom stereocenters. The normalized spacial score (nSPS) is 14.2. The van der Waals surface area contributed by atoms with E-state index in [1.54, 1.807) is 11.8 Å². The molecule has 0 spiro atoms. The summed E-state index contributed by atoms with van der Waals surface area (Å²) in [5.41, 5.74) is -2.57. The number of thioether (sulfide) groups is 1. The largest absolute Gasteiger partial charge is 0.573 e. The van der Waals surface area contributed by atoms with Gasteiger partial charge in [0.15, 0.2) is 0 Å². The van der Waals surface area contributed by atoms with Crippen molar-refractivity contribution in [2.75, 3.05) is 35.2 Å². The van der Waals surface area contributed by atoms with Gasteiger partial charge in [-0.15, -0.1) is 13.2 Å². The van der Waals surface area contributed by atoms with E-state index in [-0.39, 0.29) is 17.3 Å². The predicted octanol–water partition coefficient (Wildman–Crippen LogP) is 5.13. The molecule has 1 heterocycles. The van der Waals surface area contributed by atoms with Gasteiger partial charge in [-0.25, -0.2) is 0 Å². The molecule has 15 heteroatoms. The maximum absolute atomic E-state index is 13.5. The molecule has 2 N–H and O–H groups in total. The van der Waals surface area contributed by atoms with Crippen molar-refractivity contribution in [3.8, 4) is 5.75 Å². The van der Waals surface area contributed by atoms with Crippen molar-refractivity contribution in [2.24, 2.45) is 0 Å². The maximum Gasteiger partial charge on any atom is 0.573 e. The first-order chi connectivity index (χ1) is 16.7. The second kappa shape index (κ2) is 11.0. The summed E-state index contributed by atoms with van der Waals surface area (Å²) in [6.07, 6.45) is -10.4. The van der Waals surface area contributed by atoms with E-state index in [9.17, 15) is 40.7 Å². The van der Waals surface area contributed by atoms with Gasteiger partial charge in [0.05, 0.1) is 11.3 Å². The van der Waals surface area contributed by atoms with Gasteiger partial charge in [-0.2, -0.15) is 24.9 Å². The minimum absolute atomic E-state index is 0.0384. The topological polar surface area (TPSA) is 87.7 Å². The lowest BCUT2D eigenvalue weighted by Crippen LogP contribution is -2.44. The molecule has 36 heavy (non-hydrogen) atoms. The molecule has 0 bridgehead atoms. The van der Waals surface area contributed by atoms with Crippen molar-refractivity contribution < 1.29 is 45.5 Å². The van der Waals surface area contributed by atoms with Gasteiger partial charge in [0.2, 0.25) is 0 Å². The molecule has 2 aromatic carbocycles. The Hall–Kier alpha value is -2.94.